The maximum absolute atomic E-state index is 8.08. The van der Waals surface area contributed by atoms with Crippen molar-refractivity contribution in [2.24, 2.45) is 0 Å². The van der Waals surface area contributed by atoms with Crippen LogP contribution in [0.4, 0.5) is 0 Å². The third-order valence-corrected chi connectivity index (χ3v) is 0.663. The van der Waals surface area contributed by atoms with Crippen LogP contribution in [-0.2, 0) is 4.84 Å². The van der Waals surface area contributed by atoms with Crippen LogP contribution in [0.3, 0.4) is 0 Å². The largest absolute Gasteiger partial charge is 0.397 e. The number of nitrogens with one attached hydrogen (secondary N) is 1. The molecule has 0 spiro atoms. The number of allylic oxidation sites excluding steroid dienone is 1. The van der Waals surface area contributed by atoms with Gasteiger partial charge in [0.15, 0.2) is 0 Å². The van der Waals surface area contributed by atoms with E-state index in [-0.39, 0.29) is 0 Å². The minimum Gasteiger partial charge on any atom is -0.397 e. The zero-order chi connectivity index (χ0) is 5.11. The molecular formula is C4H4N2O. The lowest BCUT2D eigenvalue weighted by atomic mass is 10.5. The lowest BCUT2D eigenvalue weighted by molar-refractivity contribution is 0.151. The van der Waals surface area contributed by atoms with Crippen LogP contribution in [0.25, 0.3) is 0 Å². The minimum absolute atomic E-state index is 0.361. The molecule has 1 aliphatic heterocycles. The maximum Gasteiger partial charge on any atom is 0.221 e. The van der Waals surface area contributed by atoms with Crippen LogP contribution in [0.5, 0.6) is 0 Å². The average Bonchev–Trinajstić information content (AvgIpc) is 2.14. The molecule has 1 N–H and O–H groups in total. The third kappa shape index (κ3) is 0.699. The van der Waals surface area contributed by atoms with Crippen molar-refractivity contribution in [1.82, 2.24) is 5.48 Å². The van der Waals surface area contributed by atoms with Gasteiger partial charge >= 0.3 is 0 Å². The van der Waals surface area contributed by atoms with Crippen LogP contribution < -0.4 is 5.48 Å². The normalized spacial score (nSPS) is 17.3. The topological polar surface area (TPSA) is 45.0 Å². The molecule has 0 aromatic heterocycles. The Balaban J connectivity index is 2.57. The van der Waals surface area contributed by atoms with E-state index in [1.54, 1.807) is 6.08 Å². The Kier molecular flexibility index (Phi) is 0.966. The fourth-order valence-corrected chi connectivity index (χ4v) is 0.364. The molecule has 0 unspecified atom stereocenters. The van der Waals surface area contributed by atoms with E-state index in [2.05, 4.69) is 10.3 Å². The van der Waals surface area contributed by atoms with Crippen molar-refractivity contribution < 1.29 is 4.84 Å². The van der Waals surface area contributed by atoms with Gasteiger partial charge in [-0.25, -0.2) is 0 Å². The van der Waals surface area contributed by atoms with Crippen molar-refractivity contribution in [3.63, 3.8) is 0 Å². The standard InChI is InChI=1S/C4H4N2O/c5-3-4-1-2-6-7-4/h1,6H,2H2. The van der Waals surface area contributed by atoms with Crippen molar-refractivity contribution in [3.05, 3.63) is 11.8 Å². The van der Waals surface area contributed by atoms with E-state index in [9.17, 15) is 0 Å². The zero-order valence-corrected chi connectivity index (χ0v) is 3.64. The Morgan fingerprint density at radius 3 is 3.14 bits per heavy atom. The lowest BCUT2D eigenvalue weighted by Gasteiger charge is -1.87. The highest BCUT2D eigenvalue weighted by Crippen LogP contribution is 1.95. The minimum atomic E-state index is 0.361. The highest BCUT2D eigenvalue weighted by molar-refractivity contribution is 5.15. The summed E-state index contributed by atoms with van der Waals surface area (Å²) >= 11 is 0. The third-order valence-electron chi connectivity index (χ3n) is 0.663. The predicted molar refractivity (Wildman–Crippen MR) is 22.8 cm³/mol. The highest BCUT2D eigenvalue weighted by atomic mass is 16.7. The van der Waals surface area contributed by atoms with Crippen molar-refractivity contribution in [3.8, 4) is 6.07 Å². The molecule has 0 saturated heterocycles. The van der Waals surface area contributed by atoms with E-state index in [0.717, 1.165) is 0 Å². The molecule has 0 bridgehead atoms. The van der Waals surface area contributed by atoms with Crippen LogP contribution in [-0.4, -0.2) is 6.54 Å². The summed E-state index contributed by atoms with van der Waals surface area (Å²) in [5.41, 5.74) is 2.51. The van der Waals surface area contributed by atoms with Gasteiger partial charge in [0.1, 0.15) is 6.07 Å². The number of hydrogen-bond donors (Lipinski definition) is 1. The molecule has 0 radical (unpaired) electrons. The molecule has 0 saturated carbocycles. The average molecular weight is 96.1 g/mol. The highest BCUT2D eigenvalue weighted by Gasteiger charge is 1.99. The number of nitrogens with zero attached hydrogens (tertiary/aromatic N) is 1. The molecule has 0 aromatic rings. The summed E-state index contributed by atoms with van der Waals surface area (Å²) in [6.07, 6.45) is 1.68. The van der Waals surface area contributed by atoms with E-state index in [0.29, 0.717) is 12.3 Å². The van der Waals surface area contributed by atoms with Gasteiger partial charge in [0.25, 0.3) is 0 Å². The van der Waals surface area contributed by atoms with Crippen molar-refractivity contribution >= 4 is 0 Å². The molecule has 1 aliphatic rings. The van der Waals surface area contributed by atoms with E-state index >= 15 is 0 Å². The van der Waals surface area contributed by atoms with Crippen LogP contribution >= 0.6 is 0 Å². The van der Waals surface area contributed by atoms with Crippen molar-refractivity contribution in [2.45, 2.75) is 0 Å². The summed E-state index contributed by atoms with van der Waals surface area (Å²) in [6.45, 7) is 0.642. The Labute approximate surface area is 41.1 Å². The second kappa shape index (κ2) is 1.63. The maximum atomic E-state index is 8.08. The van der Waals surface area contributed by atoms with Gasteiger partial charge in [0.2, 0.25) is 5.76 Å². The van der Waals surface area contributed by atoms with Gasteiger partial charge in [0, 0.05) is 0 Å². The van der Waals surface area contributed by atoms with E-state index in [1.165, 1.54) is 0 Å². The zero-order valence-electron chi connectivity index (χ0n) is 3.64. The molecule has 0 amide bonds. The van der Waals surface area contributed by atoms with Crippen LogP contribution in [0.2, 0.25) is 0 Å². The first-order valence-electron chi connectivity index (χ1n) is 1.93. The number of nitriles is 1. The molecular weight excluding hydrogens is 92.1 g/mol. The molecule has 1 rings (SSSR count). The van der Waals surface area contributed by atoms with E-state index in [4.69, 9.17) is 5.26 Å². The second-order valence-electron chi connectivity index (χ2n) is 1.13. The first-order valence-corrected chi connectivity index (χ1v) is 1.93. The number of hydroxylamine groups is 1. The van der Waals surface area contributed by atoms with E-state index < -0.39 is 0 Å². The molecule has 0 atom stereocenters. The predicted octanol–water partition coefficient (Wildman–Crippen LogP) is -0.0713. The molecule has 3 heteroatoms. The number of rotatable bonds is 0. The van der Waals surface area contributed by atoms with Gasteiger partial charge < -0.3 is 4.84 Å². The smallest absolute Gasteiger partial charge is 0.221 e. The summed E-state index contributed by atoms with van der Waals surface area (Å²) < 4.78 is 0. The monoisotopic (exact) mass is 96.0 g/mol. The molecule has 1 heterocycles. The van der Waals surface area contributed by atoms with Crippen LogP contribution in [0, 0.1) is 11.3 Å². The molecule has 7 heavy (non-hydrogen) atoms. The summed E-state index contributed by atoms with van der Waals surface area (Å²) in [7, 11) is 0. The van der Waals surface area contributed by atoms with Gasteiger partial charge in [-0.15, -0.1) is 0 Å². The fourth-order valence-electron chi connectivity index (χ4n) is 0.364. The quantitative estimate of drug-likeness (QED) is 0.459. The Morgan fingerprint density at radius 2 is 2.86 bits per heavy atom. The van der Waals surface area contributed by atoms with Crippen molar-refractivity contribution in [1.29, 1.82) is 5.26 Å². The molecule has 0 aromatic carbocycles. The fraction of sp³-hybridized carbons (Fsp3) is 0.250. The summed E-state index contributed by atoms with van der Waals surface area (Å²) in [6, 6.07) is 1.84. The van der Waals surface area contributed by atoms with Gasteiger partial charge in [-0.1, -0.05) is 0 Å². The van der Waals surface area contributed by atoms with Gasteiger partial charge in [-0.3, -0.25) is 0 Å². The van der Waals surface area contributed by atoms with E-state index in [1.807, 2.05) is 6.07 Å². The summed E-state index contributed by atoms with van der Waals surface area (Å²) in [4.78, 5) is 4.55. The summed E-state index contributed by atoms with van der Waals surface area (Å²) in [5.74, 6) is 0.361. The molecule has 3 nitrogen and oxygen atoms in total. The first-order chi connectivity index (χ1) is 3.43. The first kappa shape index (κ1) is 4.16. The van der Waals surface area contributed by atoms with Crippen LogP contribution in [0.15, 0.2) is 11.8 Å². The second-order valence-corrected chi connectivity index (χ2v) is 1.13. The Bertz CT molecular complexity index is 133. The Hall–Kier alpha value is -1.01. The molecule has 0 aliphatic carbocycles. The van der Waals surface area contributed by atoms with Crippen molar-refractivity contribution in [2.75, 3.05) is 6.54 Å². The Morgan fingerprint density at radius 1 is 2.00 bits per heavy atom. The van der Waals surface area contributed by atoms with Gasteiger partial charge in [-0.05, 0) is 6.08 Å². The molecule has 36 valence electrons. The van der Waals surface area contributed by atoms with Gasteiger partial charge in [-0.2, -0.15) is 10.7 Å². The lowest BCUT2D eigenvalue weighted by Crippen LogP contribution is -2.03. The van der Waals surface area contributed by atoms with Crippen LogP contribution in [0.1, 0.15) is 0 Å². The molecule has 0 fully saturated rings. The van der Waals surface area contributed by atoms with Gasteiger partial charge in [0.05, 0.1) is 6.54 Å². The SMILES string of the molecule is N#CC1=CCNO1. The summed E-state index contributed by atoms with van der Waals surface area (Å²) in [5, 5.41) is 8.08. The number of hydrogen-bond acceptors (Lipinski definition) is 3.